The Morgan fingerprint density at radius 1 is 0.565 bits per heavy atom. The average Bonchev–Trinajstić information content (AvgIpc) is 3.56. The van der Waals surface area contributed by atoms with Crippen LogP contribution in [0.4, 0.5) is 0 Å². The number of amidine groups is 2. The number of ether oxygens (including phenoxy) is 2. The van der Waals surface area contributed by atoms with Crippen LogP contribution >= 0.6 is 23.2 Å². The molecule has 10 heteroatoms. The molecule has 0 aromatic heterocycles. The molecule has 0 spiro atoms. The highest BCUT2D eigenvalue weighted by molar-refractivity contribution is 6.31. The van der Waals surface area contributed by atoms with Crippen LogP contribution in [0.2, 0.25) is 10.0 Å². The van der Waals surface area contributed by atoms with Crippen LogP contribution in [0.1, 0.15) is 22.3 Å². The number of halogens is 2. The molecule has 2 amide bonds. The summed E-state index contributed by atoms with van der Waals surface area (Å²) in [5, 5.41) is 1.19. The third-order valence-electron chi connectivity index (χ3n) is 7.48. The lowest BCUT2D eigenvalue weighted by molar-refractivity contribution is -0.125. The molecule has 0 saturated carbocycles. The molecule has 6 rings (SSSR count). The molecule has 0 atom stereocenters. The summed E-state index contributed by atoms with van der Waals surface area (Å²) < 4.78 is 10.6. The number of carbonyl (C=O) groups excluding carboxylic acids is 2. The van der Waals surface area contributed by atoms with Crippen molar-refractivity contribution in [2.45, 2.75) is 0 Å². The lowest BCUT2D eigenvalue weighted by Gasteiger charge is -2.24. The zero-order chi connectivity index (χ0) is 32.2. The molecule has 4 aromatic rings. The average molecular weight is 652 g/mol. The number of hydrogen-bond donors (Lipinski definition) is 0. The Hall–Kier alpha value is -5.18. The second-order valence-corrected chi connectivity index (χ2v) is 11.3. The number of carbonyl (C=O) groups is 2. The van der Waals surface area contributed by atoms with E-state index in [1.54, 1.807) is 60.4 Å². The van der Waals surface area contributed by atoms with Gasteiger partial charge in [0.05, 0.1) is 14.2 Å². The van der Waals surface area contributed by atoms with Crippen molar-refractivity contribution in [3.8, 4) is 11.5 Å². The molecule has 4 aromatic carbocycles. The normalized spacial score (nSPS) is 16.3. The minimum atomic E-state index is -0.285. The summed E-state index contributed by atoms with van der Waals surface area (Å²) in [6.45, 7) is 0.327. The van der Waals surface area contributed by atoms with E-state index in [4.69, 9.17) is 42.7 Å². The molecule has 0 aliphatic carbocycles. The molecule has 0 unspecified atom stereocenters. The van der Waals surface area contributed by atoms with E-state index in [2.05, 4.69) is 0 Å². The van der Waals surface area contributed by atoms with Gasteiger partial charge in [0.2, 0.25) is 0 Å². The molecule has 0 saturated heterocycles. The van der Waals surface area contributed by atoms with E-state index in [1.165, 1.54) is 0 Å². The Balaban J connectivity index is 1.33. The van der Waals surface area contributed by atoms with Gasteiger partial charge in [-0.05, 0) is 96.1 Å². The number of nitrogens with zero attached hydrogens (tertiary/aromatic N) is 4. The first-order valence-electron chi connectivity index (χ1n) is 14.4. The Morgan fingerprint density at radius 3 is 1.24 bits per heavy atom. The zero-order valence-corrected chi connectivity index (χ0v) is 26.5. The van der Waals surface area contributed by atoms with E-state index >= 15 is 0 Å². The smallest absolute Gasteiger partial charge is 0.278 e. The first-order chi connectivity index (χ1) is 22.3. The summed E-state index contributed by atoms with van der Waals surface area (Å²) in [6.07, 6.45) is 3.45. The molecular formula is C36H28Cl2N4O4. The highest BCUT2D eigenvalue weighted by Gasteiger charge is 2.35. The summed E-state index contributed by atoms with van der Waals surface area (Å²) in [7, 11) is 3.19. The van der Waals surface area contributed by atoms with Crippen LogP contribution in [-0.2, 0) is 9.59 Å². The van der Waals surface area contributed by atoms with Gasteiger partial charge in [-0.3, -0.25) is 19.4 Å². The maximum atomic E-state index is 13.8. The highest BCUT2D eigenvalue weighted by Crippen LogP contribution is 2.27. The van der Waals surface area contributed by atoms with Crippen LogP contribution < -0.4 is 9.47 Å². The van der Waals surface area contributed by atoms with E-state index in [-0.39, 0.29) is 36.3 Å². The van der Waals surface area contributed by atoms with Crippen LogP contribution in [0.15, 0.2) is 118 Å². The van der Waals surface area contributed by atoms with Crippen LogP contribution in [0, 0.1) is 0 Å². The summed E-state index contributed by atoms with van der Waals surface area (Å²) >= 11 is 12.1. The SMILES string of the molecule is COc1ccc(C2=N/C(=C\c3ccc(Cl)cc3)C(=O)N2CCN2C(=O)/C(=C\c3ccc(Cl)cc3)N=C2c2ccc(OC)cc2)cc1. The molecule has 0 bridgehead atoms. The van der Waals surface area contributed by atoms with E-state index < -0.39 is 0 Å². The predicted octanol–water partition coefficient (Wildman–Crippen LogP) is 6.97. The second-order valence-electron chi connectivity index (χ2n) is 10.4. The molecule has 2 aliphatic rings. The predicted molar refractivity (Wildman–Crippen MR) is 181 cm³/mol. The molecule has 0 radical (unpaired) electrons. The molecule has 2 heterocycles. The van der Waals surface area contributed by atoms with Gasteiger partial charge in [-0.25, -0.2) is 9.98 Å². The van der Waals surface area contributed by atoms with E-state index in [0.717, 1.165) is 22.3 Å². The van der Waals surface area contributed by atoms with E-state index in [9.17, 15) is 9.59 Å². The summed E-state index contributed by atoms with van der Waals surface area (Å²) in [4.78, 5) is 40.4. The zero-order valence-electron chi connectivity index (χ0n) is 25.0. The third kappa shape index (κ3) is 6.59. The van der Waals surface area contributed by atoms with Gasteiger partial charge in [-0.15, -0.1) is 0 Å². The number of amides is 2. The quantitative estimate of drug-likeness (QED) is 0.183. The molecule has 46 heavy (non-hydrogen) atoms. The largest absolute Gasteiger partial charge is 0.497 e. The second kappa shape index (κ2) is 13.4. The van der Waals surface area contributed by atoms with Gasteiger partial charge in [0.15, 0.2) is 0 Å². The van der Waals surface area contributed by atoms with Crippen molar-refractivity contribution in [3.63, 3.8) is 0 Å². The summed E-state index contributed by atoms with van der Waals surface area (Å²) in [6, 6.07) is 29.0. The van der Waals surface area contributed by atoms with Crippen molar-refractivity contribution in [1.29, 1.82) is 0 Å². The van der Waals surface area contributed by atoms with E-state index in [0.29, 0.717) is 33.2 Å². The number of aliphatic imine (C=N–C) groups is 2. The van der Waals surface area contributed by atoms with Gasteiger partial charge in [0.1, 0.15) is 34.6 Å². The van der Waals surface area contributed by atoms with Crippen molar-refractivity contribution < 1.29 is 19.1 Å². The van der Waals surface area contributed by atoms with Gasteiger partial charge in [-0.1, -0.05) is 47.5 Å². The lowest BCUT2D eigenvalue weighted by Crippen LogP contribution is -2.42. The minimum Gasteiger partial charge on any atom is -0.497 e. The topological polar surface area (TPSA) is 83.8 Å². The number of benzene rings is 4. The number of rotatable bonds is 9. The van der Waals surface area contributed by atoms with Gasteiger partial charge in [0.25, 0.3) is 11.8 Å². The maximum absolute atomic E-state index is 13.8. The highest BCUT2D eigenvalue weighted by atomic mass is 35.5. The molecule has 0 N–H and O–H groups in total. The number of methoxy groups -OCH3 is 2. The molecule has 8 nitrogen and oxygen atoms in total. The van der Waals surface area contributed by atoms with Crippen LogP contribution in [-0.4, -0.2) is 60.6 Å². The molecule has 2 aliphatic heterocycles. The maximum Gasteiger partial charge on any atom is 0.278 e. The van der Waals surface area contributed by atoms with Crippen LogP contribution in [0.3, 0.4) is 0 Å². The Bertz CT molecular complexity index is 1760. The summed E-state index contributed by atoms with van der Waals surface area (Å²) in [5.74, 6) is 1.73. The fourth-order valence-corrected chi connectivity index (χ4v) is 5.32. The van der Waals surface area contributed by atoms with Crippen molar-refractivity contribution in [2.24, 2.45) is 9.98 Å². The first kappa shape index (κ1) is 30.8. The lowest BCUT2D eigenvalue weighted by atomic mass is 10.1. The van der Waals surface area contributed by atoms with Crippen molar-refractivity contribution in [2.75, 3.05) is 27.3 Å². The van der Waals surface area contributed by atoms with Gasteiger partial charge < -0.3 is 9.47 Å². The van der Waals surface area contributed by atoms with Crippen molar-refractivity contribution >= 4 is 58.8 Å². The van der Waals surface area contributed by atoms with Crippen LogP contribution in [0.5, 0.6) is 11.5 Å². The summed E-state index contributed by atoms with van der Waals surface area (Å²) in [5.41, 5.74) is 3.57. The van der Waals surface area contributed by atoms with Crippen LogP contribution in [0.25, 0.3) is 12.2 Å². The number of hydrogen-bond acceptors (Lipinski definition) is 6. The monoisotopic (exact) mass is 650 g/mol. The van der Waals surface area contributed by atoms with Gasteiger partial charge >= 0.3 is 0 Å². The fraction of sp³-hybridized carbons (Fsp3) is 0.111. The minimum absolute atomic E-state index is 0.163. The molecular weight excluding hydrogens is 623 g/mol. The third-order valence-corrected chi connectivity index (χ3v) is 7.99. The fourth-order valence-electron chi connectivity index (χ4n) is 5.07. The van der Waals surface area contributed by atoms with Gasteiger partial charge in [0, 0.05) is 34.3 Å². The van der Waals surface area contributed by atoms with Crippen molar-refractivity contribution in [1.82, 2.24) is 9.80 Å². The Morgan fingerprint density at radius 2 is 0.913 bits per heavy atom. The standard InChI is InChI=1S/C36H28Cl2N4O4/c1-45-29-15-7-25(8-16-29)33-39-31(21-23-3-11-27(37)12-4-23)35(43)41(33)19-20-42-34(26-9-17-30(46-2)18-10-26)40-32(36(42)44)22-24-5-13-28(38)14-6-24/h3-18,21-22H,19-20H2,1-2H3/b31-21-,32-22+. The van der Waals surface area contributed by atoms with Gasteiger partial charge in [-0.2, -0.15) is 0 Å². The Kier molecular flexibility index (Phi) is 9.01. The van der Waals surface area contributed by atoms with Crippen molar-refractivity contribution in [3.05, 3.63) is 141 Å². The molecule has 0 fully saturated rings. The molecule has 230 valence electrons. The first-order valence-corrected chi connectivity index (χ1v) is 15.1. The Labute approximate surface area is 276 Å². The van der Waals surface area contributed by atoms with E-state index in [1.807, 2.05) is 72.8 Å².